The fourth-order valence-electron chi connectivity index (χ4n) is 10.2. The van der Waals surface area contributed by atoms with E-state index in [2.05, 4.69) is 22.9 Å². The largest absolute Gasteiger partial charge is 1.00 e. The third-order valence-electron chi connectivity index (χ3n) is 12.0. The minimum Gasteiger partial charge on any atom is -0.469 e. The molecule has 10 nitrogen and oxygen atoms in total. The van der Waals surface area contributed by atoms with E-state index in [1.54, 1.807) is 7.11 Å². The Kier molecular flexibility index (Phi) is 19.6. The molecule has 0 aromatic rings. The Labute approximate surface area is 315 Å². The second-order valence-electron chi connectivity index (χ2n) is 15.8. The van der Waals surface area contributed by atoms with Gasteiger partial charge in [0.15, 0.2) is 5.78 Å². The van der Waals surface area contributed by atoms with Crippen LogP contribution in [-0.2, 0) is 46.3 Å². The topological polar surface area (TPSA) is 124 Å². The molecule has 9 aliphatic rings. The number of hydrogen-bond acceptors (Lipinski definition) is 10. The van der Waals surface area contributed by atoms with Crippen molar-refractivity contribution in [2.75, 3.05) is 61.6 Å². The Morgan fingerprint density at radius 3 is 1.24 bits per heavy atom. The van der Waals surface area contributed by atoms with E-state index < -0.39 is 15.2 Å². The molecule has 8 aliphatic carbocycles. The van der Waals surface area contributed by atoms with E-state index >= 15 is 0 Å². The summed E-state index contributed by atoms with van der Waals surface area (Å²) in [6.45, 7) is 9.13. The summed E-state index contributed by atoms with van der Waals surface area (Å²) in [6.07, 6.45) is 19.2. The minimum absolute atomic E-state index is 0. The Morgan fingerprint density at radius 1 is 0.680 bits per heavy atom. The number of rotatable bonds is 9. The Bertz CT molecular complexity index is 1050. The van der Waals surface area contributed by atoms with Gasteiger partial charge in [-0.3, -0.25) is 18.7 Å². The summed E-state index contributed by atoms with van der Waals surface area (Å²) in [5.74, 6) is 4.87. The zero-order valence-electron chi connectivity index (χ0n) is 32.6. The van der Waals surface area contributed by atoms with Gasteiger partial charge in [0.25, 0.3) is 0 Å². The van der Waals surface area contributed by atoms with Gasteiger partial charge in [0, 0.05) is 53.7 Å². The predicted molar refractivity (Wildman–Crippen MR) is 193 cm³/mol. The molecule has 286 valence electrons. The van der Waals surface area contributed by atoms with Crippen LogP contribution in [0.5, 0.6) is 0 Å². The maximum atomic E-state index is 12.7. The number of carbonyl (C=O) groups is 2. The number of ether oxygens (including phenoxy) is 2. The number of carbonyl (C=O) groups excluding carboxylic acids is 2. The third-order valence-corrected chi connectivity index (χ3v) is 15.1. The van der Waals surface area contributed by atoms with Crippen LogP contribution in [0.25, 0.3) is 0 Å². The molecule has 1 aliphatic heterocycles. The first kappa shape index (κ1) is 46.2. The van der Waals surface area contributed by atoms with Gasteiger partial charge in [-0.25, -0.2) is 0 Å². The number of methoxy groups -OCH3 is 1. The van der Waals surface area contributed by atoms with E-state index in [9.17, 15) is 18.7 Å². The zero-order valence-corrected chi connectivity index (χ0v) is 34.4. The van der Waals surface area contributed by atoms with Crippen LogP contribution >= 0.6 is 15.2 Å². The van der Waals surface area contributed by atoms with Crippen molar-refractivity contribution in [3.63, 3.8) is 0 Å². The standard InChI is InChI=1S/C14H23O4P.C12H18O2.C4H8O.C4H9.C3H9O3P.Li/c1-17-19(16,18-2)9-13(15)14-6-10-3-11(7-14)5-12(4-10)8-14;1-14-11(13)12-5-8-2-9(6-12)4-10(3-8)7-12;1-2-4-5-3-1;1-3-4-2;1-5-7(3,4)6-2;/h10-12H,3-9H2,1-2H3;8-10H,2-7H2,1H3;1-4H2;1,3-4H2,2H3;1-3H3;/q;;;-1;;+1. The molecule has 0 atom stereocenters. The minimum atomic E-state index is -3.21. The van der Waals surface area contributed by atoms with Gasteiger partial charge in [-0.15, -0.1) is 0 Å². The van der Waals surface area contributed by atoms with Crippen molar-refractivity contribution in [3.05, 3.63) is 6.92 Å². The molecule has 0 N–H and O–H groups in total. The normalized spacial score (nSPS) is 33.9. The Balaban J connectivity index is 0.000000244. The third kappa shape index (κ3) is 12.8. The molecule has 0 amide bonds. The summed E-state index contributed by atoms with van der Waals surface area (Å²) in [5.41, 5.74) is -0.259. The number of ketones is 1. The van der Waals surface area contributed by atoms with Crippen LogP contribution in [0.3, 0.4) is 0 Å². The molecule has 0 radical (unpaired) electrons. The Morgan fingerprint density at radius 2 is 1.02 bits per heavy atom. The zero-order chi connectivity index (χ0) is 36.3. The van der Waals surface area contributed by atoms with Crippen molar-refractivity contribution < 1.29 is 65.1 Å². The van der Waals surface area contributed by atoms with Gasteiger partial charge in [0.05, 0.1) is 12.5 Å². The van der Waals surface area contributed by atoms with Gasteiger partial charge in [-0.05, 0) is 125 Å². The summed E-state index contributed by atoms with van der Waals surface area (Å²) < 4.78 is 51.3. The van der Waals surface area contributed by atoms with Crippen LogP contribution in [0.15, 0.2) is 0 Å². The smallest absolute Gasteiger partial charge is 0.469 e. The van der Waals surface area contributed by atoms with Gasteiger partial charge < -0.3 is 34.5 Å². The molecule has 8 bridgehead atoms. The molecule has 0 aromatic carbocycles. The van der Waals surface area contributed by atoms with E-state index in [0.29, 0.717) is 0 Å². The number of Topliss-reactive ketones (excluding diaryl/α,β-unsaturated/α-hetero) is 1. The molecular formula is C37H67LiO10P2. The fourth-order valence-corrected chi connectivity index (χ4v) is 11.4. The monoisotopic (exact) mass is 740 g/mol. The second kappa shape index (κ2) is 21.2. The van der Waals surface area contributed by atoms with E-state index in [1.165, 1.54) is 92.9 Å². The van der Waals surface area contributed by atoms with Crippen LogP contribution in [0.2, 0.25) is 0 Å². The fraction of sp³-hybridized carbons (Fsp3) is 0.919. The summed E-state index contributed by atoms with van der Waals surface area (Å²) >= 11 is 0. The van der Waals surface area contributed by atoms with Crippen LogP contribution in [-0.4, -0.2) is 73.3 Å². The first-order valence-corrected chi connectivity index (χ1v) is 22.3. The van der Waals surface area contributed by atoms with Crippen molar-refractivity contribution in [1.29, 1.82) is 0 Å². The van der Waals surface area contributed by atoms with Crippen molar-refractivity contribution in [2.24, 2.45) is 46.3 Å². The average Bonchev–Trinajstić information content (AvgIpc) is 3.68. The van der Waals surface area contributed by atoms with Crippen LogP contribution < -0.4 is 18.9 Å². The first-order valence-electron chi connectivity index (χ1n) is 18.6. The van der Waals surface area contributed by atoms with Crippen LogP contribution in [0, 0.1) is 53.3 Å². The number of hydrogen-bond donors (Lipinski definition) is 0. The maximum Gasteiger partial charge on any atom is 1.00 e. The van der Waals surface area contributed by atoms with Crippen molar-refractivity contribution in [2.45, 2.75) is 110 Å². The van der Waals surface area contributed by atoms with Crippen molar-refractivity contribution in [3.8, 4) is 0 Å². The summed E-state index contributed by atoms with van der Waals surface area (Å²) in [5, 5.41) is 0. The molecule has 13 heteroatoms. The van der Waals surface area contributed by atoms with Crippen LogP contribution in [0.4, 0.5) is 0 Å². The van der Waals surface area contributed by atoms with Gasteiger partial charge >= 0.3 is 40.0 Å². The molecule has 1 saturated heterocycles. The molecule has 0 aromatic heterocycles. The summed E-state index contributed by atoms with van der Waals surface area (Å²) in [4.78, 5) is 24.5. The van der Waals surface area contributed by atoms with Gasteiger partial charge in [0.1, 0.15) is 6.16 Å². The summed E-state index contributed by atoms with van der Waals surface area (Å²) in [7, 11) is 1.10. The van der Waals surface area contributed by atoms with Crippen molar-refractivity contribution in [1.82, 2.24) is 0 Å². The quantitative estimate of drug-likeness (QED) is 0.118. The Hall–Kier alpha value is -0.00260. The summed E-state index contributed by atoms with van der Waals surface area (Å²) in [6, 6.07) is 0. The van der Waals surface area contributed by atoms with E-state index in [1.807, 2.05) is 0 Å². The molecule has 8 saturated carbocycles. The molecule has 50 heavy (non-hydrogen) atoms. The maximum absolute atomic E-state index is 12.7. The first-order chi connectivity index (χ1) is 23.2. The SMILES string of the molecule is C1CCOC1.COC(=O)C12CC3CC(CC(C3)C1)C2.COP(=O)(CC(=O)C12CC3CC(CC(C3)C1)C2)OC.COP(C)(=O)OC.[CH2-]CCC.[Li+]. The van der Waals surface area contributed by atoms with E-state index in [0.717, 1.165) is 93.7 Å². The van der Waals surface area contributed by atoms with E-state index in [-0.39, 0.29) is 47.6 Å². The molecule has 9 fully saturated rings. The molecule has 9 rings (SSSR count). The molecule has 1 heterocycles. The average molecular weight is 741 g/mol. The van der Waals surface area contributed by atoms with Crippen molar-refractivity contribution >= 4 is 26.9 Å². The molecule has 0 spiro atoms. The van der Waals surface area contributed by atoms with E-state index in [4.69, 9.17) is 18.5 Å². The molecular weight excluding hydrogens is 673 g/mol. The second-order valence-corrected chi connectivity index (χ2v) is 20.3. The molecule has 0 unspecified atom stereocenters. The van der Waals surface area contributed by atoms with Gasteiger partial charge in [-0.2, -0.15) is 6.42 Å². The van der Waals surface area contributed by atoms with Gasteiger partial charge in [0.2, 0.25) is 0 Å². The number of esters is 1. The predicted octanol–water partition coefficient (Wildman–Crippen LogP) is 6.16. The van der Waals surface area contributed by atoms with Crippen LogP contribution in [0.1, 0.15) is 110 Å². The van der Waals surface area contributed by atoms with Gasteiger partial charge in [-0.1, -0.05) is 13.3 Å². The number of unbranched alkanes of at least 4 members (excludes halogenated alkanes) is 1.